The number of nitrogen functional groups attached to an aromatic ring is 2. The van der Waals surface area contributed by atoms with Gasteiger partial charge in [0.25, 0.3) is 0 Å². The molecule has 8 rings (SSSR count). The fourth-order valence-electron chi connectivity index (χ4n) is 6.56. The molecule has 0 bridgehead atoms. The lowest BCUT2D eigenvalue weighted by Gasteiger charge is -2.10. The Kier molecular flexibility index (Phi) is 7.72. The van der Waals surface area contributed by atoms with Crippen LogP contribution in [0.4, 0.5) is 11.6 Å². The molecule has 0 amide bonds. The second kappa shape index (κ2) is 12.5. The number of aryl methyl sites for hydroxylation is 6. The minimum Gasteiger partial charge on any atom is -0.457 e. The number of nitrogens with two attached hydrogens (primary N) is 2. The van der Waals surface area contributed by atoms with Crippen molar-refractivity contribution in [3.8, 4) is 11.5 Å². The van der Waals surface area contributed by atoms with Crippen LogP contribution in [0.25, 0.3) is 43.6 Å². The SMILES string of the molecule is Cc1ccc2c(c1)nc(N)c1ncc(CCc3ccc(Oc4ccc(CCc5cnc6c(N)nc7cc(C)ccc7c6c5)cc4)cc3)cc12. The van der Waals surface area contributed by atoms with E-state index in [4.69, 9.17) is 16.2 Å². The lowest BCUT2D eigenvalue weighted by Crippen LogP contribution is -1.98. The van der Waals surface area contributed by atoms with Crippen molar-refractivity contribution in [3.63, 3.8) is 0 Å². The molecule has 0 aliphatic heterocycles. The minimum atomic E-state index is 0.469. The first kappa shape index (κ1) is 30.3. The smallest absolute Gasteiger partial charge is 0.150 e. The molecule has 0 radical (unpaired) electrons. The van der Waals surface area contributed by atoms with Crippen LogP contribution in [0.1, 0.15) is 33.4 Å². The Morgan fingerprint density at radius 3 is 1.31 bits per heavy atom. The molecule has 4 heterocycles. The molecule has 7 nitrogen and oxygen atoms in total. The number of hydrogen-bond acceptors (Lipinski definition) is 7. The maximum absolute atomic E-state index is 6.24. The van der Waals surface area contributed by atoms with Crippen molar-refractivity contribution in [1.29, 1.82) is 0 Å². The number of pyridine rings is 4. The van der Waals surface area contributed by atoms with Gasteiger partial charge in [0.2, 0.25) is 0 Å². The predicted molar refractivity (Wildman–Crippen MR) is 200 cm³/mol. The predicted octanol–water partition coefficient (Wildman–Crippen LogP) is 9.02. The van der Waals surface area contributed by atoms with Gasteiger partial charge in [0.15, 0.2) is 11.6 Å². The van der Waals surface area contributed by atoms with E-state index >= 15 is 0 Å². The summed E-state index contributed by atoms with van der Waals surface area (Å²) in [5.41, 5.74) is 22.9. The Balaban J connectivity index is 0.893. The standard InChI is InChI=1S/C42H36N6O/c1-25-3-17-33-35-21-29(23-45-39(35)41(43)47-37(33)19-25)7-5-27-9-13-31(14-10-27)49-32-15-11-28(12-16-32)6-8-30-22-36-34-18-4-26(2)20-38(34)48-42(44)40(36)46-24-30/h3-4,9-24H,5-8H2,1-2H3,(H2,43,47)(H2,44,48). The number of hydrogen-bond donors (Lipinski definition) is 2. The highest BCUT2D eigenvalue weighted by Gasteiger charge is 2.11. The summed E-state index contributed by atoms with van der Waals surface area (Å²) in [4.78, 5) is 18.5. The molecule has 7 heteroatoms. The van der Waals surface area contributed by atoms with Gasteiger partial charge in [0, 0.05) is 33.9 Å². The van der Waals surface area contributed by atoms with E-state index in [0.717, 1.165) is 91.9 Å². The van der Waals surface area contributed by atoms with Gasteiger partial charge in [-0.05, 0) is 121 Å². The van der Waals surface area contributed by atoms with E-state index in [1.807, 2.05) is 36.7 Å². The van der Waals surface area contributed by atoms with E-state index in [0.29, 0.717) is 11.6 Å². The molecule has 0 fully saturated rings. The van der Waals surface area contributed by atoms with Gasteiger partial charge >= 0.3 is 0 Å². The average Bonchev–Trinajstić information content (AvgIpc) is 3.11. The van der Waals surface area contributed by atoms with E-state index in [2.05, 4.69) is 107 Å². The molecule has 4 aromatic carbocycles. The molecular weight excluding hydrogens is 605 g/mol. The highest BCUT2D eigenvalue weighted by Crippen LogP contribution is 2.30. The molecule has 0 saturated heterocycles. The van der Waals surface area contributed by atoms with Gasteiger partial charge in [-0.25, -0.2) is 9.97 Å². The molecular formula is C42H36N6O. The fourth-order valence-corrected chi connectivity index (χ4v) is 6.56. The summed E-state index contributed by atoms with van der Waals surface area (Å²) in [6.45, 7) is 4.13. The lowest BCUT2D eigenvalue weighted by atomic mass is 10.0. The van der Waals surface area contributed by atoms with Crippen LogP contribution in [0.3, 0.4) is 0 Å². The first-order valence-corrected chi connectivity index (χ1v) is 16.6. The molecule has 4 aromatic heterocycles. The zero-order valence-corrected chi connectivity index (χ0v) is 27.6. The number of nitrogens with zero attached hydrogens (tertiary/aromatic N) is 4. The van der Waals surface area contributed by atoms with Gasteiger partial charge in [-0.3, -0.25) is 9.97 Å². The van der Waals surface area contributed by atoms with Gasteiger partial charge in [0.05, 0.1) is 11.0 Å². The van der Waals surface area contributed by atoms with E-state index < -0.39 is 0 Å². The van der Waals surface area contributed by atoms with Gasteiger partial charge in [-0.1, -0.05) is 48.5 Å². The largest absolute Gasteiger partial charge is 0.457 e. The van der Waals surface area contributed by atoms with Crippen LogP contribution in [-0.2, 0) is 25.7 Å². The van der Waals surface area contributed by atoms with E-state index in [9.17, 15) is 0 Å². The van der Waals surface area contributed by atoms with Crippen LogP contribution in [0, 0.1) is 13.8 Å². The molecule has 0 atom stereocenters. The summed E-state index contributed by atoms with van der Waals surface area (Å²) in [5.74, 6) is 2.56. The zero-order valence-electron chi connectivity index (χ0n) is 27.6. The van der Waals surface area contributed by atoms with E-state index in [-0.39, 0.29) is 0 Å². The zero-order chi connectivity index (χ0) is 33.5. The third kappa shape index (κ3) is 6.19. The summed E-state index contributed by atoms with van der Waals surface area (Å²) < 4.78 is 6.18. The molecule has 0 aliphatic carbocycles. The number of rotatable bonds is 8. The summed E-state index contributed by atoms with van der Waals surface area (Å²) >= 11 is 0. The maximum Gasteiger partial charge on any atom is 0.150 e. The van der Waals surface area contributed by atoms with Crippen LogP contribution < -0.4 is 16.2 Å². The van der Waals surface area contributed by atoms with Gasteiger partial charge in [-0.2, -0.15) is 0 Å². The Morgan fingerprint density at radius 2 is 0.878 bits per heavy atom. The van der Waals surface area contributed by atoms with Crippen LogP contribution >= 0.6 is 0 Å². The Labute approximate surface area is 284 Å². The Morgan fingerprint density at radius 1 is 0.469 bits per heavy atom. The molecule has 0 saturated carbocycles. The summed E-state index contributed by atoms with van der Waals surface area (Å²) in [7, 11) is 0. The van der Waals surface area contributed by atoms with E-state index in [1.165, 1.54) is 22.3 Å². The van der Waals surface area contributed by atoms with Crippen LogP contribution in [0.15, 0.2) is 109 Å². The van der Waals surface area contributed by atoms with Crippen molar-refractivity contribution in [3.05, 3.63) is 143 Å². The monoisotopic (exact) mass is 640 g/mol. The first-order valence-electron chi connectivity index (χ1n) is 16.6. The number of ether oxygens (including phenoxy) is 1. The number of fused-ring (bicyclic) bond motifs is 6. The second-order valence-corrected chi connectivity index (χ2v) is 12.9. The van der Waals surface area contributed by atoms with Crippen LogP contribution in [0.5, 0.6) is 11.5 Å². The molecule has 8 aromatic rings. The summed E-state index contributed by atoms with van der Waals surface area (Å²) in [6.07, 6.45) is 7.36. The second-order valence-electron chi connectivity index (χ2n) is 12.9. The molecule has 49 heavy (non-hydrogen) atoms. The third-order valence-electron chi connectivity index (χ3n) is 9.23. The highest BCUT2D eigenvalue weighted by molar-refractivity contribution is 6.09. The normalized spacial score (nSPS) is 11.6. The Hall–Kier alpha value is -6.08. The van der Waals surface area contributed by atoms with E-state index in [1.54, 1.807) is 0 Å². The first-order chi connectivity index (χ1) is 23.9. The van der Waals surface area contributed by atoms with Crippen LogP contribution in [0.2, 0.25) is 0 Å². The van der Waals surface area contributed by atoms with Crippen molar-refractivity contribution in [2.45, 2.75) is 39.5 Å². The quantitative estimate of drug-likeness (QED) is 0.159. The Bertz CT molecular complexity index is 2330. The van der Waals surface area contributed by atoms with Crippen molar-refractivity contribution >= 4 is 55.2 Å². The maximum atomic E-state index is 6.24. The average molecular weight is 641 g/mol. The van der Waals surface area contributed by atoms with Gasteiger partial charge in [0.1, 0.15) is 22.5 Å². The topological polar surface area (TPSA) is 113 Å². The number of aromatic nitrogens is 4. The van der Waals surface area contributed by atoms with Crippen molar-refractivity contribution in [1.82, 2.24) is 19.9 Å². The third-order valence-corrected chi connectivity index (χ3v) is 9.23. The molecule has 240 valence electrons. The summed E-state index contributed by atoms with van der Waals surface area (Å²) in [5, 5.41) is 4.25. The molecule has 0 unspecified atom stereocenters. The lowest BCUT2D eigenvalue weighted by molar-refractivity contribution is 0.482. The van der Waals surface area contributed by atoms with Gasteiger partial charge in [-0.15, -0.1) is 0 Å². The molecule has 4 N–H and O–H groups in total. The number of anilines is 2. The highest BCUT2D eigenvalue weighted by atomic mass is 16.5. The minimum absolute atomic E-state index is 0.469. The van der Waals surface area contributed by atoms with Crippen molar-refractivity contribution in [2.75, 3.05) is 11.5 Å². The van der Waals surface area contributed by atoms with Crippen molar-refractivity contribution < 1.29 is 4.74 Å². The fraction of sp³-hybridized carbons (Fsp3) is 0.143. The summed E-state index contributed by atoms with van der Waals surface area (Å²) in [6, 6.07) is 33.6. The van der Waals surface area contributed by atoms with Crippen LogP contribution in [-0.4, -0.2) is 19.9 Å². The molecule has 0 spiro atoms. The van der Waals surface area contributed by atoms with Crippen molar-refractivity contribution in [2.24, 2.45) is 0 Å². The number of benzene rings is 4. The molecule has 0 aliphatic rings. The van der Waals surface area contributed by atoms with Gasteiger partial charge < -0.3 is 16.2 Å².